The lowest BCUT2D eigenvalue weighted by molar-refractivity contribution is 0.163. The molecule has 1 fully saturated rings. The molecule has 1 heterocycles. The second kappa shape index (κ2) is 5.55. The predicted octanol–water partition coefficient (Wildman–Crippen LogP) is 2.45. The van der Waals surface area contributed by atoms with Crippen molar-refractivity contribution in [1.29, 1.82) is 0 Å². The third-order valence-electron chi connectivity index (χ3n) is 3.01. The van der Waals surface area contributed by atoms with E-state index in [9.17, 15) is 5.11 Å². The van der Waals surface area contributed by atoms with Gasteiger partial charge in [-0.3, -0.25) is 4.98 Å². The van der Waals surface area contributed by atoms with Crippen molar-refractivity contribution in [3.8, 4) is 0 Å². The first kappa shape index (κ1) is 11.7. The summed E-state index contributed by atoms with van der Waals surface area (Å²) >= 11 is 1.70. The average molecular weight is 238 g/mol. The Morgan fingerprint density at radius 3 is 2.94 bits per heavy atom. The van der Waals surface area contributed by atoms with Crippen LogP contribution in [-0.4, -0.2) is 21.4 Å². The number of nitrogens with zero attached hydrogens (tertiary/aromatic N) is 1. The van der Waals surface area contributed by atoms with Crippen LogP contribution in [0.25, 0.3) is 0 Å². The van der Waals surface area contributed by atoms with Gasteiger partial charge in [-0.1, -0.05) is 19.3 Å². The number of rotatable bonds is 2. The molecule has 1 saturated carbocycles. The Labute approximate surface area is 100 Å². The number of aromatic nitrogens is 1. The van der Waals surface area contributed by atoms with Crippen molar-refractivity contribution in [2.75, 3.05) is 5.73 Å². The summed E-state index contributed by atoms with van der Waals surface area (Å²) in [6.45, 7) is 0. The molecule has 1 aliphatic rings. The lowest BCUT2D eigenvalue weighted by Crippen LogP contribution is -2.21. The molecule has 0 aromatic carbocycles. The average Bonchev–Trinajstić information content (AvgIpc) is 2.48. The molecule has 0 bridgehead atoms. The number of nitrogens with two attached hydrogens (primary N) is 1. The van der Waals surface area contributed by atoms with Gasteiger partial charge in [0.05, 0.1) is 18.0 Å². The van der Waals surface area contributed by atoms with Crippen LogP contribution in [-0.2, 0) is 0 Å². The van der Waals surface area contributed by atoms with E-state index in [1.54, 1.807) is 24.2 Å². The molecule has 2 unspecified atom stereocenters. The summed E-state index contributed by atoms with van der Waals surface area (Å²) in [6.07, 6.45) is 8.81. The molecule has 3 N–H and O–H groups in total. The third kappa shape index (κ3) is 2.89. The lowest BCUT2D eigenvalue weighted by Gasteiger charge is -2.20. The van der Waals surface area contributed by atoms with Gasteiger partial charge in [-0.25, -0.2) is 0 Å². The van der Waals surface area contributed by atoms with Crippen LogP contribution in [0.5, 0.6) is 0 Å². The van der Waals surface area contributed by atoms with Gasteiger partial charge >= 0.3 is 0 Å². The molecular weight excluding hydrogens is 220 g/mol. The maximum Gasteiger partial charge on any atom is 0.0662 e. The van der Waals surface area contributed by atoms with Gasteiger partial charge < -0.3 is 10.8 Å². The van der Waals surface area contributed by atoms with Crippen molar-refractivity contribution >= 4 is 17.4 Å². The Bertz CT molecular complexity index is 346. The summed E-state index contributed by atoms with van der Waals surface area (Å²) in [7, 11) is 0. The molecule has 0 amide bonds. The Hall–Kier alpha value is -0.740. The normalized spacial score (nSPS) is 26.3. The summed E-state index contributed by atoms with van der Waals surface area (Å²) < 4.78 is 0. The number of anilines is 1. The van der Waals surface area contributed by atoms with E-state index >= 15 is 0 Å². The molecule has 1 aromatic rings. The fourth-order valence-electron chi connectivity index (χ4n) is 2.06. The molecule has 2 atom stereocenters. The quantitative estimate of drug-likeness (QED) is 0.777. The van der Waals surface area contributed by atoms with Crippen LogP contribution >= 0.6 is 11.8 Å². The van der Waals surface area contributed by atoms with E-state index in [4.69, 9.17) is 5.73 Å². The van der Waals surface area contributed by atoms with Crippen LogP contribution in [0.4, 0.5) is 5.69 Å². The topological polar surface area (TPSA) is 59.1 Å². The molecule has 1 aromatic heterocycles. The van der Waals surface area contributed by atoms with Crippen molar-refractivity contribution in [2.45, 2.75) is 48.4 Å². The molecule has 2 rings (SSSR count). The van der Waals surface area contributed by atoms with E-state index < -0.39 is 0 Å². The minimum absolute atomic E-state index is 0.194. The van der Waals surface area contributed by atoms with Crippen LogP contribution in [0.3, 0.4) is 0 Å². The minimum Gasteiger partial charge on any atom is -0.397 e. The van der Waals surface area contributed by atoms with Crippen LogP contribution in [0.15, 0.2) is 23.4 Å². The highest BCUT2D eigenvalue weighted by Gasteiger charge is 2.23. The molecule has 0 spiro atoms. The number of aliphatic hydroxyl groups excluding tert-OH is 1. The van der Waals surface area contributed by atoms with Gasteiger partial charge in [-0.15, -0.1) is 11.8 Å². The number of nitrogen functional groups attached to an aromatic ring is 1. The van der Waals surface area contributed by atoms with Crippen LogP contribution in [0, 0.1) is 0 Å². The van der Waals surface area contributed by atoms with Gasteiger partial charge in [0.25, 0.3) is 0 Å². The first-order valence-electron chi connectivity index (χ1n) is 5.81. The van der Waals surface area contributed by atoms with E-state index in [1.807, 2.05) is 6.07 Å². The van der Waals surface area contributed by atoms with Crippen molar-refractivity contribution < 1.29 is 5.11 Å². The van der Waals surface area contributed by atoms with Gasteiger partial charge in [-0.05, 0) is 18.9 Å². The van der Waals surface area contributed by atoms with E-state index in [0.717, 1.165) is 24.2 Å². The zero-order valence-corrected chi connectivity index (χ0v) is 10.1. The highest BCUT2D eigenvalue weighted by Crippen LogP contribution is 2.35. The molecule has 16 heavy (non-hydrogen) atoms. The molecule has 0 radical (unpaired) electrons. The summed E-state index contributed by atoms with van der Waals surface area (Å²) in [5.74, 6) is 0. The molecule has 0 saturated heterocycles. The van der Waals surface area contributed by atoms with E-state index in [2.05, 4.69) is 4.98 Å². The molecule has 3 nitrogen and oxygen atoms in total. The third-order valence-corrected chi connectivity index (χ3v) is 4.48. The number of hydrogen-bond acceptors (Lipinski definition) is 4. The fraction of sp³-hybridized carbons (Fsp3) is 0.583. The number of hydrogen-bond donors (Lipinski definition) is 2. The summed E-state index contributed by atoms with van der Waals surface area (Å²) in [5, 5.41) is 10.3. The second-order valence-electron chi connectivity index (χ2n) is 4.28. The van der Waals surface area contributed by atoms with Gasteiger partial charge in [0, 0.05) is 16.3 Å². The second-order valence-corrected chi connectivity index (χ2v) is 5.56. The largest absolute Gasteiger partial charge is 0.397 e. The monoisotopic (exact) mass is 238 g/mol. The number of pyridine rings is 1. The van der Waals surface area contributed by atoms with E-state index in [-0.39, 0.29) is 11.4 Å². The van der Waals surface area contributed by atoms with Gasteiger partial charge in [0.15, 0.2) is 0 Å². The van der Waals surface area contributed by atoms with Crippen molar-refractivity contribution in [3.63, 3.8) is 0 Å². The SMILES string of the molecule is Nc1cnccc1SC1CCCCCC1O. The highest BCUT2D eigenvalue weighted by atomic mass is 32.2. The molecule has 1 aliphatic carbocycles. The Kier molecular flexibility index (Phi) is 4.07. The van der Waals surface area contributed by atoms with Gasteiger partial charge in [-0.2, -0.15) is 0 Å². The highest BCUT2D eigenvalue weighted by molar-refractivity contribution is 8.00. The zero-order valence-electron chi connectivity index (χ0n) is 9.30. The van der Waals surface area contributed by atoms with Crippen LogP contribution < -0.4 is 5.73 Å². The first-order valence-corrected chi connectivity index (χ1v) is 6.69. The van der Waals surface area contributed by atoms with Crippen LogP contribution in [0.1, 0.15) is 32.1 Å². The Balaban J connectivity index is 2.05. The van der Waals surface area contributed by atoms with Gasteiger partial charge in [0.2, 0.25) is 0 Å². The van der Waals surface area contributed by atoms with Crippen molar-refractivity contribution in [2.24, 2.45) is 0 Å². The smallest absolute Gasteiger partial charge is 0.0662 e. The lowest BCUT2D eigenvalue weighted by atomic mass is 10.1. The van der Waals surface area contributed by atoms with Gasteiger partial charge in [0.1, 0.15) is 0 Å². The predicted molar refractivity (Wildman–Crippen MR) is 67.4 cm³/mol. The Morgan fingerprint density at radius 2 is 2.12 bits per heavy atom. The molecule has 88 valence electrons. The Morgan fingerprint density at radius 1 is 1.31 bits per heavy atom. The van der Waals surface area contributed by atoms with E-state index in [0.29, 0.717) is 5.69 Å². The molecule has 4 heteroatoms. The number of thioether (sulfide) groups is 1. The first-order chi connectivity index (χ1) is 7.77. The summed E-state index contributed by atoms with van der Waals surface area (Å²) in [4.78, 5) is 5.02. The maximum absolute atomic E-state index is 10.0. The number of aliphatic hydroxyl groups is 1. The summed E-state index contributed by atoms with van der Waals surface area (Å²) in [5.41, 5.74) is 6.57. The standard InChI is InChI=1S/C12H18N2OS/c13-9-8-14-7-6-11(9)16-12-5-3-1-2-4-10(12)15/h6-8,10,12,15H,1-5,13H2. The van der Waals surface area contributed by atoms with E-state index in [1.165, 1.54) is 12.8 Å². The minimum atomic E-state index is -0.194. The zero-order chi connectivity index (χ0) is 11.4. The maximum atomic E-state index is 10.0. The van der Waals surface area contributed by atoms with Crippen LogP contribution in [0.2, 0.25) is 0 Å². The fourth-order valence-corrected chi connectivity index (χ4v) is 3.29. The van der Waals surface area contributed by atoms with Crippen molar-refractivity contribution in [1.82, 2.24) is 4.98 Å². The summed E-state index contributed by atoms with van der Waals surface area (Å²) in [6, 6.07) is 1.93. The molecule has 0 aliphatic heterocycles. The molecular formula is C12H18N2OS. The van der Waals surface area contributed by atoms with Crippen molar-refractivity contribution in [3.05, 3.63) is 18.5 Å².